The van der Waals surface area contributed by atoms with Crippen LogP contribution in [-0.4, -0.2) is 6.54 Å². The molecule has 2 rings (SSSR count). The van der Waals surface area contributed by atoms with Crippen molar-refractivity contribution in [2.75, 3.05) is 6.54 Å². The van der Waals surface area contributed by atoms with E-state index in [1.165, 1.54) is 6.07 Å². The fourth-order valence-corrected chi connectivity index (χ4v) is 2.38. The summed E-state index contributed by atoms with van der Waals surface area (Å²) in [6.07, 6.45) is -0.784. The van der Waals surface area contributed by atoms with Crippen molar-refractivity contribution >= 4 is 0 Å². The van der Waals surface area contributed by atoms with E-state index >= 15 is 0 Å². The van der Waals surface area contributed by atoms with Gasteiger partial charge in [0.15, 0.2) is 0 Å². The highest BCUT2D eigenvalue weighted by molar-refractivity contribution is 5.20. The standard InChI is InChI=1S/C11H14F3NO/c12-11(13,14)9-4-3-8(16-9)10(7-15)5-1-2-6-10/h3-4H,1-2,5-7,15H2. The van der Waals surface area contributed by atoms with E-state index < -0.39 is 11.9 Å². The molecule has 2 N–H and O–H groups in total. The van der Waals surface area contributed by atoms with E-state index in [0.29, 0.717) is 12.3 Å². The molecule has 0 aliphatic heterocycles. The second-order valence-corrected chi connectivity index (χ2v) is 4.35. The lowest BCUT2D eigenvalue weighted by Gasteiger charge is -2.24. The first-order valence-corrected chi connectivity index (χ1v) is 5.35. The van der Waals surface area contributed by atoms with Gasteiger partial charge in [0.05, 0.1) is 0 Å². The van der Waals surface area contributed by atoms with Gasteiger partial charge in [-0.2, -0.15) is 13.2 Å². The van der Waals surface area contributed by atoms with Crippen LogP contribution in [0.4, 0.5) is 13.2 Å². The van der Waals surface area contributed by atoms with E-state index in [2.05, 4.69) is 0 Å². The summed E-state index contributed by atoms with van der Waals surface area (Å²) >= 11 is 0. The minimum atomic E-state index is -4.41. The summed E-state index contributed by atoms with van der Waals surface area (Å²) in [7, 11) is 0. The van der Waals surface area contributed by atoms with Gasteiger partial charge in [-0.1, -0.05) is 12.8 Å². The van der Waals surface area contributed by atoms with Crippen LogP contribution in [0.15, 0.2) is 16.5 Å². The first kappa shape index (κ1) is 11.5. The molecular formula is C11H14F3NO. The molecule has 5 heteroatoms. The summed E-state index contributed by atoms with van der Waals surface area (Å²) in [4.78, 5) is 0. The van der Waals surface area contributed by atoms with Crippen LogP contribution in [0, 0.1) is 0 Å². The molecule has 0 bridgehead atoms. The van der Waals surface area contributed by atoms with Crippen molar-refractivity contribution in [1.82, 2.24) is 0 Å². The highest BCUT2D eigenvalue weighted by Crippen LogP contribution is 2.42. The lowest BCUT2D eigenvalue weighted by atomic mass is 9.84. The molecule has 0 atom stereocenters. The first-order valence-electron chi connectivity index (χ1n) is 5.35. The van der Waals surface area contributed by atoms with Crippen molar-refractivity contribution in [3.63, 3.8) is 0 Å². The fourth-order valence-electron chi connectivity index (χ4n) is 2.38. The van der Waals surface area contributed by atoms with Gasteiger partial charge in [-0.25, -0.2) is 0 Å². The summed E-state index contributed by atoms with van der Waals surface area (Å²) in [6, 6.07) is 2.41. The monoisotopic (exact) mass is 233 g/mol. The van der Waals surface area contributed by atoms with Crippen LogP contribution in [-0.2, 0) is 11.6 Å². The van der Waals surface area contributed by atoms with Gasteiger partial charge < -0.3 is 10.2 Å². The Bertz CT molecular complexity index is 364. The molecule has 1 aromatic rings. The van der Waals surface area contributed by atoms with E-state index in [1.807, 2.05) is 0 Å². The van der Waals surface area contributed by atoms with Crippen molar-refractivity contribution in [2.45, 2.75) is 37.3 Å². The fraction of sp³-hybridized carbons (Fsp3) is 0.636. The average Bonchev–Trinajstić information content (AvgIpc) is 2.86. The van der Waals surface area contributed by atoms with Crippen molar-refractivity contribution in [3.05, 3.63) is 23.7 Å². The molecule has 1 aromatic heterocycles. The van der Waals surface area contributed by atoms with Crippen molar-refractivity contribution in [3.8, 4) is 0 Å². The molecule has 0 saturated heterocycles. The highest BCUT2D eigenvalue weighted by atomic mass is 19.4. The van der Waals surface area contributed by atoms with Crippen LogP contribution in [0.1, 0.15) is 37.2 Å². The second-order valence-electron chi connectivity index (χ2n) is 4.35. The van der Waals surface area contributed by atoms with Crippen LogP contribution in [0.25, 0.3) is 0 Å². The number of furan rings is 1. The Kier molecular flexibility index (Phi) is 2.74. The molecule has 0 aromatic carbocycles. The minimum absolute atomic E-state index is 0.345. The molecule has 1 heterocycles. The molecule has 1 saturated carbocycles. The Hall–Kier alpha value is -0.970. The maximum Gasteiger partial charge on any atom is 0.449 e. The SMILES string of the molecule is NCC1(c2ccc(C(F)(F)F)o2)CCCC1. The van der Waals surface area contributed by atoms with Gasteiger partial charge in [-0.3, -0.25) is 0 Å². The quantitative estimate of drug-likeness (QED) is 0.852. The molecule has 0 spiro atoms. The van der Waals surface area contributed by atoms with Crippen LogP contribution in [0.2, 0.25) is 0 Å². The van der Waals surface area contributed by atoms with Gasteiger partial charge in [-0.05, 0) is 25.0 Å². The summed E-state index contributed by atoms with van der Waals surface area (Å²) in [5, 5.41) is 0. The third-order valence-corrected chi connectivity index (χ3v) is 3.36. The number of nitrogens with two attached hydrogens (primary N) is 1. The Morgan fingerprint density at radius 2 is 1.88 bits per heavy atom. The molecule has 1 aliphatic rings. The van der Waals surface area contributed by atoms with Crippen molar-refractivity contribution in [1.29, 1.82) is 0 Å². The zero-order valence-electron chi connectivity index (χ0n) is 8.81. The van der Waals surface area contributed by atoms with Gasteiger partial charge in [0.2, 0.25) is 5.76 Å². The lowest BCUT2D eigenvalue weighted by Crippen LogP contribution is -2.31. The molecule has 0 radical (unpaired) electrons. The summed E-state index contributed by atoms with van der Waals surface area (Å²) in [5.74, 6) is -0.540. The average molecular weight is 233 g/mol. The van der Waals surface area contributed by atoms with Gasteiger partial charge in [0, 0.05) is 12.0 Å². The van der Waals surface area contributed by atoms with E-state index in [1.54, 1.807) is 0 Å². The summed E-state index contributed by atoms with van der Waals surface area (Å²) in [6.45, 7) is 0.345. The molecule has 1 fully saturated rings. The zero-order chi connectivity index (χ0) is 11.8. The van der Waals surface area contributed by atoms with Crippen molar-refractivity contribution < 1.29 is 17.6 Å². The Morgan fingerprint density at radius 1 is 1.25 bits per heavy atom. The van der Waals surface area contributed by atoms with E-state index in [4.69, 9.17) is 10.2 Å². The molecule has 1 aliphatic carbocycles. The first-order chi connectivity index (χ1) is 7.48. The largest absolute Gasteiger partial charge is 0.456 e. The minimum Gasteiger partial charge on any atom is -0.456 e. The van der Waals surface area contributed by atoms with Gasteiger partial charge >= 0.3 is 6.18 Å². The van der Waals surface area contributed by atoms with Gasteiger partial charge in [0.1, 0.15) is 5.76 Å². The Labute approximate surface area is 91.6 Å². The topological polar surface area (TPSA) is 39.2 Å². The number of hydrogen-bond acceptors (Lipinski definition) is 2. The number of halogens is 3. The van der Waals surface area contributed by atoms with Crippen LogP contribution < -0.4 is 5.73 Å². The molecule has 0 unspecified atom stereocenters. The predicted molar refractivity (Wildman–Crippen MR) is 52.9 cm³/mol. The van der Waals surface area contributed by atoms with Crippen LogP contribution >= 0.6 is 0 Å². The molecule has 16 heavy (non-hydrogen) atoms. The van der Waals surface area contributed by atoms with Gasteiger partial charge in [0.25, 0.3) is 0 Å². The lowest BCUT2D eigenvalue weighted by molar-refractivity contribution is -0.153. The third-order valence-electron chi connectivity index (χ3n) is 3.36. The molecule has 0 amide bonds. The van der Waals surface area contributed by atoms with Crippen LogP contribution in [0.5, 0.6) is 0 Å². The molecule has 2 nitrogen and oxygen atoms in total. The van der Waals surface area contributed by atoms with E-state index in [-0.39, 0.29) is 5.41 Å². The van der Waals surface area contributed by atoms with E-state index in [0.717, 1.165) is 31.7 Å². The molecule has 90 valence electrons. The summed E-state index contributed by atoms with van der Waals surface area (Å²) < 4.78 is 42.1. The predicted octanol–water partition coefficient (Wildman–Crippen LogP) is 3.07. The number of hydrogen-bond donors (Lipinski definition) is 1. The Morgan fingerprint density at radius 3 is 2.31 bits per heavy atom. The van der Waals surface area contributed by atoms with Crippen LogP contribution in [0.3, 0.4) is 0 Å². The third kappa shape index (κ3) is 1.84. The maximum absolute atomic E-state index is 12.4. The summed E-state index contributed by atoms with van der Waals surface area (Å²) in [5.41, 5.74) is 5.31. The zero-order valence-corrected chi connectivity index (χ0v) is 8.81. The van der Waals surface area contributed by atoms with Crippen molar-refractivity contribution in [2.24, 2.45) is 5.73 Å². The Balaban J connectivity index is 2.30. The maximum atomic E-state index is 12.4. The second kappa shape index (κ2) is 3.80. The molecular weight excluding hydrogens is 219 g/mol. The highest BCUT2D eigenvalue weighted by Gasteiger charge is 2.40. The van der Waals surface area contributed by atoms with E-state index in [9.17, 15) is 13.2 Å². The number of rotatable bonds is 2. The smallest absolute Gasteiger partial charge is 0.449 e. The normalized spacial score (nSPS) is 20.2. The number of alkyl halides is 3. The van der Waals surface area contributed by atoms with Gasteiger partial charge in [-0.15, -0.1) is 0 Å².